The Labute approximate surface area is 87.4 Å². The van der Waals surface area contributed by atoms with Gasteiger partial charge in [-0.3, -0.25) is 9.36 Å². The van der Waals surface area contributed by atoms with Crippen LogP contribution in [-0.4, -0.2) is 16.1 Å². The first kappa shape index (κ1) is 9.86. The fourth-order valence-corrected chi connectivity index (χ4v) is 1.62. The van der Waals surface area contributed by atoms with Crippen LogP contribution in [0.3, 0.4) is 0 Å². The van der Waals surface area contributed by atoms with Gasteiger partial charge in [0.25, 0.3) is 5.56 Å². The molecule has 1 aromatic heterocycles. The maximum absolute atomic E-state index is 11.9. The Morgan fingerprint density at radius 2 is 2.13 bits per heavy atom. The van der Waals surface area contributed by atoms with Gasteiger partial charge in [-0.25, -0.2) is 4.98 Å². The predicted octanol–water partition coefficient (Wildman–Crippen LogP) is 0.435. The van der Waals surface area contributed by atoms with Crippen LogP contribution in [0.15, 0.2) is 29.1 Å². The number of para-hydroxylation sites is 1. The van der Waals surface area contributed by atoms with E-state index in [4.69, 9.17) is 5.73 Å². The lowest BCUT2D eigenvalue weighted by Gasteiger charge is -2.07. The SMILES string of the molecule is Cn1c(CCN)nc2ccccc2c1=O. The Balaban J connectivity index is 2.77. The molecular weight excluding hydrogens is 190 g/mol. The Morgan fingerprint density at radius 1 is 1.40 bits per heavy atom. The van der Waals surface area contributed by atoms with Crippen LogP contribution in [0, 0.1) is 0 Å². The van der Waals surface area contributed by atoms with Gasteiger partial charge >= 0.3 is 0 Å². The van der Waals surface area contributed by atoms with E-state index in [1.165, 1.54) is 0 Å². The molecule has 0 saturated heterocycles. The van der Waals surface area contributed by atoms with Gasteiger partial charge in [0.2, 0.25) is 0 Å². The lowest BCUT2D eigenvalue weighted by Crippen LogP contribution is -2.24. The van der Waals surface area contributed by atoms with Crippen LogP contribution in [0.4, 0.5) is 0 Å². The minimum atomic E-state index is -0.0101. The molecule has 0 aliphatic heterocycles. The summed E-state index contributed by atoms with van der Waals surface area (Å²) in [6.45, 7) is 0.499. The van der Waals surface area contributed by atoms with E-state index in [2.05, 4.69) is 4.98 Å². The van der Waals surface area contributed by atoms with Crippen molar-refractivity contribution in [3.05, 3.63) is 40.4 Å². The molecule has 1 aromatic carbocycles. The number of nitrogens with two attached hydrogens (primary N) is 1. The quantitative estimate of drug-likeness (QED) is 0.770. The van der Waals surface area contributed by atoms with Crippen LogP contribution in [0.1, 0.15) is 5.82 Å². The summed E-state index contributed by atoms with van der Waals surface area (Å²) in [5.74, 6) is 0.737. The summed E-state index contributed by atoms with van der Waals surface area (Å²) in [5, 5.41) is 0.653. The van der Waals surface area contributed by atoms with Crippen LogP contribution in [0.5, 0.6) is 0 Å². The second-order valence-corrected chi connectivity index (χ2v) is 3.45. The highest BCUT2D eigenvalue weighted by Crippen LogP contribution is 2.06. The Hall–Kier alpha value is -1.68. The zero-order valence-electron chi connectivity index (χ0n) is 8.60. The van der Waals surface area contributed by atoms with E-state index < -0.39 is 0 Å². The molecule has 0 saturated carbocycles. The first-order valence-electron chi connectivity index (χ1n) is 4.88. The smallest absolute Gasteiger partial charge is 0.261 e. The molecule has 0 unspecified atom stereocenters. The number of hydrogen-bond donors (Lipinski definition) is 1. The van der Waals surface area contributed by atoms with Crippen molar-refractivity contribution in [2.45, 2.75) is 6.42 Å². The Bertz CT molecular complexity index is 545. The van der Waals surface area contributed by atoms with Crippen molar-refractivity contribution in [3.63, 3.8) is 0 Å². The summed E-state index contributed by atoms with van der Waals surface area (Å²) in [6.07, 6.45) is 0.622. The van der Waals surface area contributed by atoms with E-state index >= 15 is 0 Å². The summed E-state index contributed by atoms with van der Waals surface area (Å²) in [5.41, 5.74) is 6.20. The fourth-order valence-electron chi connectivity index (χ4n) is 1.62. The third-order valence-electron chi connectivity index (χ3n) is 2.44. The molecule has 4 nitrogen and oxygen atoms in total. The highest BCUT2D eigenvalue weighted by molar-refractivity contribution is 5.77. The molecule has 2 N–H and O–H groups in total. The van der Waals surface area contributed by atoms with Gasteiger partial charge in [0.1, 0.15) is 5.82 Å². The fraction of sp³-hybridized carbons (Fsp3) is 0.273. The molecular formula is C11H13N3O. The van der Waals surface area contributed by atoms with Gasteiger partial charge in [-0.1, -0.05) is 12.1 Å². The second kappa shape index (κ2) is 3.82. The number of nitrogens with zero attached hydrogens (tertiary/aromatic N) is 2. The molecule has 2 aromatic rings. The first-order valence-corrected chi connectivity index (χ1v) is 4.88. The summed E-state index contributed by atoms with van der Waals surface area (Å²) >= 11 is 0. The molecule has 0 amide bonds. The summed E-state index contributed by atoms with van der Waals surface area (Å²) in [4.78, 5) is 16.3. The van der Waals surface area contributed by atoms with Crippen LogP contribution in [-0.2, 0) is 13.5 Å². The van der Waals surface area contributed by atoms with E-state index in [9.17, 15) is 4.79 Å². The van der Waals surface area contributed by atoms with Gasteiger partial charge in [-0.2, -0.15) is 0 Å². The summed E-state index contributed by atoms with van der Waals surface area (Å²) in [6, 6.07) is 7.35. The van der Waals surface area contributed by atoms with Crippen molar-refractivity contribution >= 4 is 10.9 Å². The first-order chi connectivity index (χ1) is 7.24. The Morgan fingerprint density at radius 3 is 2.87 bits per heavy atom. The molecule has 0 fully saturated rings. The highest BCUT2D eigenvalue weighted by Gasteiger charge is 2.06. The van der Waals surface area contributed by atoms with Crippen molar-refractivity contribution in [1.29, 1.82) is 0 Å². The molecule has 1 heterocycles. The van der Waals surface area contributed by atoms with Gasteiger partial charge < -0.3 is 5.73 Å². The van der Waals surface area contributed by atoms with Gasteiger partial charge in [0.05, 0.1) is 10.9 Å². The molecule has 0 spiro atoms. The Kier molecular flexibility index (Phi) is 2.51. The number of fused-ring (bicyclic) bond motifs is 1. The van der Waals surface area contributed by atoms with Crippen molar-refractivity contribution < 1.29 is 0 Å². The lowest BCUT2D eigenvalue weighted by molar-refractivity contribution is 0.731. The average Bonchev–Trinajstić information content (AvgIpc) is 2.26. The topological polar surface area (TPSA) is 60.9 Å². The van der Waals surface area contributed by atoms with Crippen molar-refractivity contribution in [3.8, 4) is 0 Å². The summed E-state index contributed by atoms with van der Waals surface area (Å²) in [7, 11) is 1.73. The van der Waals surface area contributed by atoms with E-state index in [1.807, 2.05) is 18.2 Å². The predicted molar refractivity (Wildman–Crippen MR) is 59.7 cm³/mol. The van der Waals surface area contributed by atoms with E-state index in [-0.39, 0.29) is 5.56 Å². The maximum atomic E-state index is 11.9. The third kappa shape index (κ3) is 1.64. The zero-order valence-corrected chi connectivity index (χ0v) is 8.60. The minimum Gasteiger partial charge on any atom is -0.330 e. The minimum absolute atomic E-state index is 0.0101. The van der Waals surface area contributed by atoms with Crippen LogP contribution in [0.2, 0.25) is 0 Å². The van der Waals surface area contributed by atoms with Gasteiger partial charge in [0.15, 0.2) is 0 Å². The lowest BCUT2D eigenvalue weighted by atomic mass is 10.2. The average molecular weight is 203 g/mol. The van der Waals surface area contributed by atoms with E-state index in [0.29, 0.717) is 18.4 Å². The number of benzene rings is 1. The van der Waals surface area contributed by atoms with Gasteiger partial charge in [-0.05, 0) is 18.7 Å². The van der Waals surface area contributed by atoms with Crippen LogP contribution in [0.25, 0.3) is 10.9 Å². The third-order valence-corrected chi connectivity index (χ3v) is 2.44. The van der Waals surface area contributed by atoms with Crippen molar-refractivity contribution in [2.75, 3.05) is 6.54 Å². The van der Waals surface area contributed by atoms with Gasteiger partial charge in [-0.15, -0.1) is 0 Å². The molecule has 0 aliphatic carbocycles. The normalized spacial score (nSPS) is 10.8. The number of rotatable bonds is 2. The second-order valence-electron chi connectivity index (χ2n) is 3.45. The van der Waals surface area contributed by atoms with Crippen LogP contribution >= 0.6 is 0 Å². The standard InChI is InChI=1S/C11H13N3O/c1-14-10(6-7-12)13-9-5-3-2-4-8(9)11(14)15/h2-5H,6-7,12H2,1H3. The molecule has 15 heavy (non-hydrogen) atoms. The maximum Gasteiger partial charge on any atom is 0.261 e. The van der Waals surface area contributed by atoms with Crippen LogP contribution < -0.4 is 11.3 Å². The molecule has 2 rings (SSSR count). The monoisotopic (exact) mass is 203 g/mol. The van der Waals surface area contributed by atoms with Gasteiger partial charge in [0, 0.05) is 13.5 Å². The highest BCUT2D eigenvalue weighted by atomic mass is 16.1. The number of hydrogen-bond acceptors (Lipinski definition) is 3. The molecule has 78 valence electrons. The largest absolute Gasteiger partial charge is 0.330 e. The zero-order chi connectivity index (χ0) is 10.8. The molecule has 0 aliphatic rings. The molecule has 4 heteroatoms. The number of aromatic nitrogens is 2. The molecule has 0 atom stereocenters. The van der Waals surface area contributed by atoms with E-state index in [0.717, 1.165) is 11.3 Å². The van der Waals surface area contributed by atoms with Crippen molar-refractivity contribution in [2.24, 2.45) is 12.8 Å². The van der Waals surface area contributed by atoms with E-state index in [1.54, 1.807) is 17.7 Å². The molecule has 0 radical (unpaired) electrons. The van der Waals surface area contributed by atoms with Crippen molar-refractivity contribution in [1.82, 2.24) is 9.55 Å². The summed E-state index contributed by atoms with van der Waals surface area (Å²) < 4.78 is 1.56. The molecule has 0 bridgehead atoms.